The van der Waals surface area contributed by atoms with Crippen LogP contribution in [0.25, 0.3) is 0 Å². The van der Waals surface area contributed by atoms with Crippen molar-refractivity contribution < 1.29 is 14.7 Å². The summed E-state index contributed by atoms with van der Waals surface area (Å²) in [5.41, 5.74) is 5.73. The molecule has 2 fully saturated rings. The number of hydrogen-bond donors (Lipinski definition) is 2. The van der Waals surface area contributed by atoms with E-state index in [0.717, 1.165) is 38.8 Å². The van der Waals surface area contributed by atoms with E-state index in [9.17, 15) is 4.79 Å². The van der Waals surface area contributed by atoms with Crippen LogP contribution in [-0.2, 0) is 9.53 Å². The van der Waals surface area contributed by atoms with E-state index in [1.165, 1.54) is 0 Å². The Morgan fingerprint density at radius 1 is 1.38 bits per heavy atom. The highest BCUT2D eigenvalue weighted by Crippen LogP contribution is 2.17. The SMILES string of the molecule is CCC(C(N)=NO)N1CCN(C(=O)C2CCCCO2)CC1. The lowest BCUT2D eigenvalue weighted by atomic mass is 10.1. The van der Waals surface area contributed by atoms with Crippen LogP contribution in [0.3, 0.4) is 0 Å². The summed E-state index contributed by atoms with van der Waals surface area (Å²) in [5, 5.41) is 11.9. The van der Waals surface area contributed by atoms with E-state index >= 15 is 0 Å². The van der Waals surface area contributed by atoms with E-state index in [4.69, 9.17) is 15.7 Å². The highest BCUT2D eigenvalue weighted by molar-refractivity contribution is 5.85. The zero-order chi connectivity index (χ0) is 15.2. The molecule has 1 amide bonds. The number of amides is 1. The Hall–Kier alpha value is -1.34. The lowest BCUT2D eigenvalue weighted by Gasteiger charge is -2.39. The van der Waals surface area contributed by atoms with Gasteiger partial charge in [0.05, 0.1) is 6.04 Å². The van der Waals surface area contributed by atoms with Crippen molar-refractivity contribution in [2.75, 3.05) is 32.8 Å². The monoisotopic (exact) mass is 298 g/mol. The van der Waals surface area contributed by atoms with Crippen molar-refractivity contribution in [2.24, 2.45) is 10.9 Å². The van der Waals surface area contributed by atoms with Gasteiger partial charge in [0.25, 0.3) is 5.91 Å². The van der Waals surface area contributed by atoms with E-state index in [1.54, 1.807) is 0 Å². The van der Waals surface area contributed by atoms with Gasteiger partial charge in [-0.05, 0) is 25.7 Å². The van der Waals surface area contributed by atoms with Gasteiger partial charge < -0.3 is 20.6 Å². The average molecular weight is 298 g/mol. The van der Waals surface area contributed by atoms with Crippen LogP contribution in [0.4, 0.5) is 0 Å². The number of ether oxygens (including phenoxy) is 1. The molecule has 0 spiro atoms. The number of hydrogen-bond acceptors (Lipinski definition) is 5. The first-order valence-electron chi connectivity index (χ1n) is 7.79. The predicted octanol–water partition coefficient (Wildman–Crippen LogP) is 0.225. The summed E-state index contributed by atoms with van der Waals surface area (Å²) in [7, 11) is 0. The molecule has 21 heavy (non-hydrogen) atoms. The fourth-order valence-electron chi connectivity index (χ4n) is 3.11. The molecule has 0 aliphatic carbocycles. The molecule has 2 saturated heterocycles. The van der Waals surface area contributed by atoms with Gasteiger partial charge in [-0.1, -0.05) is 12.1 Å². The fraction of sp³-hybridized carbons (Fsp3) is 0.857. The molecule has 0 saturated carbocycles. The minimum Gasteiger partial charge on any atom is -0.409 e. The molecule has 2 heterocycles. The van der Waals surface area contributed by atoms with Crippen LogP contribution in [0.5, 0.6) is 0 Å². The van der Waals surface area contributed by atoms with Crippen molar-refractivity contribution in [2.45, 2.75) is 44.8 Å². The Bertz CT molecular complexity index is 374. The minimum atomic E-state index is -0.253. The largest absolute Gasteiger partial charge is 0.409 e. The molecule has 7 heteroatoms. The second-order valence-electron chi connectivity index (χ2n) is 5.67. The van der Waals surface area contributed by atoms with Crippen LogP contribution in [0, 0.1) is 0 Å². The molecule has 0 radical (unpaired) electrons. The molecular weight excluding hydrogens is 272 g/mol. The molecule has 0 aromatic heterocycles. The van der Waals surface area contributed by atoms with Crippen molar-refractivity contribution in [3.8, 4) is 0 Å². The van der Waals surface area contributed by atoms with Crippen molar-refractivity contribution in [3.63, 3.8) is 0 Å². The Morgan fingerprint density at radius 3 is 2.62 bits per heavy atom. The number of nitrogens with zero attached hydrogens (tertiary/aromatic N) is 3. The zero-order valence-electron chi connectivity index (χ0n) is 12.7. The number of carbonyl (C=O) groups is 1. The maximum Gasteiger partial charge on any atom is 0.251 e. The second kappa shape index (κ2) is 7.61. The van der Waals surface area contributed by atoms with Gasteiger partial charge in [-0.2, -0.15) is 0 Å². The highest BCUT2D eigenvalue weighted by Gasteiger charge is 2.31. The topological polar surface area (TPSA) is 91.4 Å². The molecule has 2 aliphatic heterocycles. The van der Waals surface area contributed by atoms with Gasteiger partial charge >= 0.3 is 0 Å². The van der Waals surface area contributed by atoms with Crippen LogP contribution in [0.2, 0.25) is 0 Å². The molecule has 7 nitrogen and oxygen atoms in total. The standard InChI is InChI=1S/C14H26N4O3/c1-2-11(13(15)16-20)17-6-8-18(9-7-17)14(19)12-5-3-4-10-21-12/h11-12,20H,2-10H2,1H3,(H2,15,16). The van der Waals surface area contributed by atoms with E-state index in [1.807, 2.05) is 11.8 Å². The maximum atomic E-state index is 12.4. The van der Waals surface area contributed by atoms with E-state index in [-0.39, 0.29) is 23.9 Å². The number of carbonyl (C=O) groups excluding carboxylic acids is 1. The lowest BCUT2D eigenvalue weighted by molar-refractivity contribution is -0.148. The number of oxime groups is 1. The zero-order valence-corrected chi connectivity index (χ0v) is 12.7. The molecule has 3 N–H and O–H groups in total. The predicted molar refractivity (Wildman–Crippen MR) is 79.2 cm³/mol. The third-order valence-corrected chi connectivity index (χ3v) is 4.37. The first kappa shape index (κ1) is 16.0. The molecular formula is C14H26N4O3. The van der Waals surface area contributed by atoms with Gasteiger partial charge in [-0.15, -0.1) is 0 Å². The molecule has 120 valence electrons. The Labute approximate surface area is 125 Å². The summed E-state index contributed by atoms with van der Waals surface area (Å²) in [4.78, 5) is 16.4. The molecule has 0 aromatic rings. The maximum absolute atomic E-state index is 12.4. The fourth-order valence-corrected chi connectivity index (χ4v) is 3.11. The van der Waals surface area contributed by atoms with Crippen molar-refractivity contribution in [3.05, 3.63) is 0 Å². The van der Waals surface area contributed by atoms with Gasteiger partial charge in [-0.25, -0.2) is 0 Å². The quantitative estimate of drug-likeness (QED) is 0.335. The summed E-state index contributed by atoms with van der Waals surface area (Å²) in [6.07, 6.45) is 3.49. The molecule has 2 unspecified atom stereocenters. The number of piperazine rings is 1. The van der Waals surface area contributed by atoms with Crippen LogP contribution in [0.1, 0.15) is 32.6 Å². The molecule has 0 bridgehead atoms. The number of nitrogens with two attached hydrogens (primary N) is 1. The summed E-state index contributed by atoms with van der Waals surface area (Å²) >= 11 is 0. The Balaban J connectivity index is 1.86. The van der Waals surface area contributed by atoms with Gasteiger partial charge in [0.2, 0.25) is 0 Å². The number of amidine groups is 1. The van der Waals surface area contributed by atoms with Crippen molar-refractivity contribution >= 4 is 11.7 Å². The highest BCUT2D eigenvalue weighted by atomic mass is 16.5. The Morgan fingerprint density at radius 2 is 2.10 bits per heavy atom. The van der Waals surface area contributed by atoms with E-state index < -0.39 is 0 Å². The summed E-state index contributed by atoms with van der Waals surface area (Å²) in [6, 6.07) is -0.0572. The van der Waals surface area contributed by atoms with Crippen LogP contribution in [0.15, 0.2) is 5.16 Å². The third-order valence-electron chi connectivity index (χ3n) is 4.37. The van der Waals surface area contributed by atoms with Gasteiger partial charge in [-0.3, -0.25) is 9.69 Å². The van der Waals surface area contributed by atoms with Crippen LogP contribution >= 0.6 is 0 Å². The van der Waals surface area contributed by atoms with E-state index in [0.29, 0.717) is 19.7 Å². The average Bonchev–Trinajstić information content (AvgIpc) is 2.56. The van der Waals surface area contributed by atoms with E-state index in [2.05, 4.69) is 10.1 Å². The third kappa shape index (κ3) is 3.85. The Kier molecular flexibility index (Phi) is 5.81. The van der Waals surface area contributed by atoms with Gasteiger partial charge in [0.1, 0.15) is 6.10 Å². The minimum absolute atomic E-state index is 0.0572. The van der Waals surface area contributed by atoms with Crippen LogP contribution < -0.4 is 5.73 Å². The summed E-state index contributed by atoms with van der Waals surface area (Å²) in [6.45, 7) is 5.54. The molecule has 2 atom stereocenters. The lowest BCUT2D eigenvalue weighted by Crippen LogP contribution is -2.56. The van der Waals surface area contributed by atoms with Gasteiger partial charge in [0, 0.05) is 32.8 Å². The summed E-state index contributed by atoms with van der Waals surface area (Å²) in [5.74, 6) is 0.360. The smallest absolute Gasteiger partial charge is 0.251 e. The van der Waals surface area contributed by atoms with Gasteiger partial charge in [0.15, 0.2) is 5.84 Å². The van der Waals surface area contributed by atoms with Crippen molar-refractivity contribution in [1.29, 1.82) is 0 Å². The first-order chi connectivity index (χ1) is 10.2. The van der Waals surface area contributed by atoms with Crippen molar-refractivity contribution in [1.82, 2.24) is 9.80 Å². The second-order valence-corrected chi connectivity index (χ2v) is 5.67. The molecule has 0 aromatic carbocycles. The normalized spacial score (nSPS) is 26.6. The molecule has 2 aliphatic rings. The number of rotatable bonds is 4. The summed E-state index contributed by atoms with van der Waals surface area (Å²) < 4.78 is 5.57. The molecule has 2 rings (SSSR count). The van der Waals surface area contributed by atoms with Crippen LogP contribution in [-0.4, -0.2) is 71.7 Å². The first-order valence-corrected chi connectivity index (χ1v) is 7.79.